The Bertz CT molecular complexity index is 392. The van der Waals surface area contributed by atoms with Crippen LogP contribution in [0.15, 0.2) is 24.3 Å². The van der Waals surface area contributed by atoms with Crippen molar-refractivity contribution in [1.29, 1.82) is 0 Å². The van der Waals surface area contributed by atoms with Crippen molar-refractivity contribution in [2.45, 2.75) is 39.0 Å². The second-order valence-corrected chi connectivity index (χ2v) is 6.29. The summed E-state index contributed by atoms with van der Waals surface area (Å²) in [5.74, 6) is 0.665. The van der Waals surface area contributed by atoms with Gasteiger partial charge < -0.3 is 10.2 Å². The highest BCUT2D eigenvalue weighted by atomic mass is 15.1. The first-order chi connectivity index (χ1) is 9.10. The quantitative estimate of drug-likeness (QED) is 0.805. The van der Waals surface area contributed by atoms with Gasteiger partial charge in [-0.1, -0.05) is 26.0 Å². The van der Waals surface area contributed by atoms with Gasteiger partial charge in [0.25, 0.3) is 0 Å². The molecule has 1 aromatic rings. The van der Waals surface area contributed by atoms with E-state index in [9.17, 15) is 0 Å². The van der Waals surface area contributed by atoms with Crippen molar-refractivity contribution < 1.29 is 0 Å². The first kappa shape index (κ1) is 14.4. The van der Waals surface area contributed by atoms with Crippen molar-refractivity contribution in [2.75, 3.05) is 32.1 Å². The highest BCUT2D eigenvalue weighted by Crippen LogP contribution is 2.45. The van der Waals surface area contributed by atoms with Gasteiger partial charge in [-0.2, -0.15) is 0 Å². The number of anilines is 1. The Balaban J connectivity index is 1.98. The van der Waals surface area contributed by atoms with Gasteiger partial charge in [-0.15, -0.1) is 0 Å². The highest BCUT2D eigenvalue weighted by molar-refractivity contribution is 5.47. The van der Waals surface area contributed by atoms with Crippen molar-refractivity contribution in [2.24, 2.45) is 5.41 Å². The molecule has 0 bridgehead atoms. The first-order valence-electron chi connectivity index (χ1n) is 7.56. The molecule has 0 heterocycles. The average molecular weight is 260 g/mol. The Morgan fingerprint density at radius 3 is 2.37 bits per heavy atom. The van der Waals surface area contributed by atoms with Crippen LogP contribution in [0.2, 0.25) is 0 Å². The zero-order chi connectivity index (χ0) is 13.9. The summed E-state index contributed by atoms with van der Waals surface area (Å²) in [6.07, 6.45) is 3.94. The Kier molecular flexibility index (Phi) is 4.51. The molecule has 106 valence electrons. The number of hydrogen-bond acceptors (Lipinski definition) is 2. The second kappa shape index (κ2) is 5.96. The monoisotopic (exact) mass is 260 g/mol. The van der Waals surface area contributed by atoms with Crippen LogP contribution in [-0.2, 0) is 0 Å². The van der Waals surface area contributed by atoms with Crippen LogP contribution in [0, 0.1) is 5.41 Å². The molecule has 1 fully saturated rings. The summed E-state index contributed by atoms with van der Waals surface area (Å²) in [5, 5.41) is 3.33. The lowest BCUT2D eigenvalue weighted by molar-refractivity contribution is 0.482. The zero-order valence-corrected chi connectivity index (χ0v) is 12.9. The summed E-state index contributed by atoms with van der Waals surface area (Å²) in [7, 11) is 4.27. The predicted molar refractivity (Wildman–Crippen MR) is 84.0 cm³/mol. The van der Waals surface area contributed by atoms with Gasteiger partial charge in [0.05, 0.1) is 0 Å². The molecule has 0 radical (unpaired) electrons. The molecule has 19 heavy (non-hydrogen) atoms. The Morgan fingerprint density at radius 1 is 1.26 bits per heavy atom. The van der Waals surface area contributed by atoms with Crippen LogP contribution in [0.25, 0.3) is 0 Å². The largest absolute Gasteiger partial charge is 0.374 e. The van der Waals surface area contributed by atoms with E-state index in [0.717, 1.165) is 13.1 Å². The summed E-state index contributed by atoms with van der Waals surface area (Å²) < 4.78 is 0. The van der Waals surface area contributed by atoms with Crippen LogP contribution in [0.3, 0.4) is 0 Å². The maximum Gasteiger partial charge on any atom is 0.0363 e. The fourth-order valence-electron chi connectivity index (χ4n) is 2.83. The van der Waals surface area contributed by atoms with Crippen molar-refractivity contribution in [3.05, 3.63) is 29.8 Å². The van der Waals surface area contributed by atoms with Gasteiger partial charge in [-0.3, -0.25) is 0 Å². The van der Waals surface area contributed by atoms with Crippen LogP contribution in [0.4, 0.5) is 5.69 Å². The predicted octanol–water partition coefficient (Wildman–Crippen LogP) is 3.64. The Labute approximate surface area is 118 Å². The molecule has 2 rings (SSSR count). The van der Waals surface area contributed by atoms with Crippen LogP contribution in [0.5, 0.6) is 0 Å². The second-order valence-electron chi connectivity index (χ2n) is 6.29. The topological polar surface area (TPSA) is 15.3 Å². The third kappa shape index (κ3) is 3.50. The highest BCUT2D eigenvalue weighted by Gasteiger charge is 2.42. The van der Waals surface area contributed by atoms with Gasteiger partial charge in [0.2, 0.25) is 0 Å². The van der Waals surface area contributed by atoms with Gasteiger partial charge in [-0.05, 0) is 49.9 Å². The van der Waals surface area contributed by atoms with Gasteiger partial charge in [-0.25, -0.2) is 0 Å². The Morgan fingerprint density at radius 2 is 1.89 bits per heavy atom. The Hall–Kier alpha value is -1.02. The number of rotatable bonds is 7. The molecule has 1 saturated carbocycles. The summed E-state index contributed by atoms with van der Waals surface area (Å²) in [5.41, 5.74) is 3.32. The van der Waals surface area contributed by atoms with E-state index < -0.39 is 0 Å². The van der Waals surface area contributed by atoms with Crippen molar-refractivity contribution in [3.8, 4) is 0 Å². The van der Waals surface area contributed by atoms with Gasteiger partial charge >= 0.3 is 0 Å². The molecular formula is C17H28N2. The molecule has 2 heteroatoms. The maximum atomic E-state index is 3.33. The molecule has 0 saturated heterocycles. The standard InChI is InChI=1S/C17H28N2/c1-5-14(2)15-6-8-16(9-7-15)19(4)13-17(10-11-17)12-18-3/h6-9,14,18H,5,10-13H2,1-4H3. The molecule has 1 N–H and O–H groups in total. The number of hydrogen-bond donors (Lipinski definition) is 1. The van der Waals surface area contributed by atoms with Crippen molar-refractivity contribution in [1.82, 2.24) is 5.32 Å². The summed E-state index contributed by atoms with van der Waals surface area (Å²) in [6, 6.07) is 9.13. The molecule has 1 aliphatic carbocycles. The number of nitrogens with one attached hydrogen (secondary N) is 1. The number of benzene rings is 1. The summed E-state index contributed by atoms with van der Waals surface area (Å²) in [6.45, 7) is 6.85. The van der Waals surface area contributed by atoms with Crippen molar-refractivity contribution >= 4 is 5.69 Å². The van der Waals surface area contributed by atoms with E-state index in [2.05, 4.69) is 62.4 Å². The average Bonchev–Trinajstić information content (AvgIpc) is 3.18. The molecule has 0 aliphatic heterocycles. The van der Waals surface area contributed by atoms with Crippen LogP contribution >= 0.6 is 0 Å². The van der Waals surface area contributed by atoms with Gasteiger partial charge in [0, 0.05) is 31.2 Å². The van der Waals surface area contributed by atoms with Gasteiger partial charge in [0.1, 0.15) is 0 Å². The zero-order valence-electron chi connectivity index (χ0n) is 12.9. The van der Waals surface area contributed by atoms with E-state index in [-0.39, 0.29) is 0 Å². The van der Waals surface area contributed by atoms with Crippen LogP contribution < -0.4 is 10.2 Å². The van der Waals surface area contributed by atoms with E-state index >= 15 is 0 Å². The molecule has 1 aliphatic rings. The van der Waals surface area contributed by atoms with E-state index in [0.29, 0.717) is 11.3 Å². The SMILES string of the molecule is CCC(C)c1ccc(N(C)CC2(CNC)CC2)cc1. The molecule has 0 spiro atoms. The van der Waals surface area contributed by atoms with Crippen LogP contribution in [-0.4, -0.2) is 27.2 Å². The fourth-order valence-corrected chi connectivity index (χ4v) is 2.83. The minimum absolute atomic E-state index is 0.527. The summed E-state index contributed by atoms with van der Waals surface area (Å²) >= 11 is 0. The molecule has 2 nitrogen and oxygen atoms in total. The third-order valence-corrected chi connectivity index (χ3v) is 4.60. The first-order valence-corrected chi connectivity index (χ1v) is 7.56. The van der Waals surface area contributed by atoms with E-state index in [4.69, 9.17) is 0 Å². The lowest BCUT2D eigenvalue weighted by Crippen LogP contribution is -2.32. The van der Waals surface area contributed by atoms with Crippen LogP contribution in [0.1, 0.15) is 44.6 Å². The molecule has 0 amide bonds. The molecule has 0 aromatic heterocycles. The smallest absolute Gasteiger partial charge is 0.0363 e. The van der Waals surface area contributed by atoms with E-state index in [1.165, 1.54) is 30.5 Å². The lowest BCUT2D eigenvalue weighted by Gasteiger charge is -2.26. The third-order valence-electron chi connectivity index (χ3n) is 4.60. The van der Waals surface area contributed by atoms with Gasteiger partial charge in [0.15, 0.2) is 0 Å². The maximum absolute atomic E-state index is 3.33. The normalized spacial score (nSPS) is 18.1. The van der Waals surface area contributed by atoms with E-state index in [1.807, 2.05) is 0 Å². The molecule has 1 unspecified atom stereocenters. The minimum Gasteiger partial charge on any atom is -0.374 e. The summed E-state index contributed by atoms with van der Waals surface area (Å²) in [4.78, 5) is 2.41. The van der Waals surface area contributed by atoms with E-state index in [1.54, 1.807) is 0 Å². The fraction of sp³-hybridized carbons (Fsp3) is 0.647. The molecular weight excluding hydrogens is 232 g/mol. The molecule has 1 aromatic carbocycles. The lowest BCUT2D eigenvalue weighted by atomic mass is 9.98. The molecule has 1 atom stereocenters. The number of nitrogens with zero attached hydrogens (tertiary/aromatic N) is 1. The minimum atomic E-state index is 0.527. The van der Waals surface area contributed by atoms with Crippen molar-refractivity contribution in [3.63, 3.8) is 0 Å².